The van der Waals surface area contributed by atoms with Gasteiger partial charge < -0.3 is 9.73 Å². The first-order valence-corrected chi connectivity index (χ1v) is 6.27. The predicted molar refractivity (Wildman–Crippen MR) is 75.2 cm³/mol. The first-order chi connectivity index (χ1) is 9.72. The zero-order chi connectivity index (χ0) is 13.9. The Hall–Kier alpha value is -2.53. The number of nitrogens with zero attached hydrogens (tertiary/aromatic N) is 2. The summed E-state index contributed by atoms with van der Waals surface area (Å²) in [7, 11) is 0. The second-order valence-electron chi connectivity index (χ2n) is 4.07. The van der Waals surface area contributed by atoms with E-state index in [0.29, 0.717) is 5.69 Å². The molecule has 0 fully saturated rings. The highest BCUT2D eigenvalue weighted by Crippen LogP contribution is 2.16. The number of nitrogens with one attached hydrogen (secondary N) is 1. The summed E-state index contributed by atoms with van der Waals surface area (Å²) in [6.07, 6.45) is 3.28. The van der Waals surface area contributed by atoms with Crippen molar-refractivity contribution in [3.8, 4) is 5.69 Å². The summed E-state index contributed by atoms with van der Waals surface area (Å²) in [6.45, 7) is 0. The summed E-state index contributed by atoms with van der Waals surface area (Å²) < 4.78 is 6.71. The minimum absolute atomic E-state index is 0.155. The summed E-state index contributed by atoms with van der Waals surface area (Å²) in [5.74, 6) is -0.216. The second kappa shape index (κ2) is 5.22. The summed E-state index contributed by atoms with van der Waals surface area (Å²) in [4.78, 5) is 11.9. The van der Waals surface area contributed by atoms with Crippen LogP contribution in [0.25, 0.3) is 5.69 Å². The Morgan fingerprint density at radius 1 is 1.20 bits per heavy atom. The Balaban J connectivity index is 1.76. The molecule has 0 saturated heterocycles. The van der Waals surface area contributed by atoms with E-state index in [-0.39, 0.29) is 16.9 Å². The molecule has 2 aromatic heterocycles. The Morgan fingerprint density at radius 3 is 2.70 bits per heavy atom. The largest absolute Gasteiger partial charge is 0.440 e. The van der Waals surface area contributed by atoms with Gasteiger partial charge in [0.2, 0.25) is 0 Å². The van der Waals surface area contributed by atoms with Gasteiger partial charge in [-0.1, -0.05) is 18.2 Å². The van der Waals surface area contributed by atoms with E-state index in [1.165, 1.54) is 12.1 Å². The molecule has 0 atom stereocenters. The van der Waals surface area contributed by atoms with Crippen LogP contribution in [0.2, 0.25) is 5.22 Å². The van der Waals surface area contributed by atoms with Gasteiger partial charge in [-0.05, 0) is 35.9 Å². The molecule has 1 N–H and O–H groups in total. The van der Waals surface area contributed by atoms with E-state index in [1.807, 2.05) is 30.3 Å². The van der Waals surface area contributed by atoms with Crippen LogP contribution in [0.3, 0.4) is 0 Å². The van der Waals surface area contributed by atoms with Crippen LogP contribution in [-0.4, -0.2) is 15.7 Å². The first-order valence-electron chi connectivity index (χ1n) is 5.89. The average Bonchev–Trinajstić information content (AvgIpc) is 3.09. The summed E-state index contributed by atoms with van der Waals surface area (Å²) >= 11 is 5.63. The molecule has 3 rings (SSSR count). The van der Waals surface area contributed by atoms with E-state index >= 15 is 0 Å². The Labute approximate surface area is 119 Å². The van der Waals surface area contributed by atoms with Crippen molar-refractivity contribution in [3.05, 3.63) is 65.8 Å². The van der Waals surface area contributed by atoms with Gasteiger partial charge in [-0.3, -0.25) is 4.79 Å². The third-order valence-corrected chi connectivity index (χ3v) is 2.86. The molecule has 0 radical (unpaired) electrons. The number of rotatable bonds is 3. The van der Waals surface area contributed by atoms with Crippen LogP contribution >= 0.6 is 11.6 Å². The zero-order valence-corrected chi connectivity index (χ0v) is 11.0. The predicted octanol–water partition coefficient (Wildman–Crippen LogP) is 3.37. The van der Waals surface area contributed by atoms with Crippen molar-refractivity contribution < 1.29 is 9.21 Å². The number of amides is 1. The van der Waals surface area contributed by atoms with Crippen molar-refractivity contribution >= 4 is 23.2 Å². The molecule has 0 aliphatic rings. The molecule has 1 aromatic carbocycles. The van der Waals surface area contributed by atoms with Crippen molar-refractivity contribution in [2.24, 2.45) is 0 Å². The number of aromatic nitrogens is 2. The number of hydrogen-bond donors (Lipinski definition) is 1. The van der Waals surface area contributed by atoms with E-state index in [4.69, 9.17) is 16.0 Å². The SMILES string of the molecule is O=C(Nc1cnn(-c2ccccc2)c1)c1ccc(Cl)o1. The molecule has 3 aromatic rings. The molecule has 6 heteroatoms. The van der Waals surface area contributed by atoms with Crippen molar-refractivity contribution in [3.63, 3.8) is 0 Å². The maximum absolute atomic E-state index is 11.9. The fraction of sp³-hybridized carbons (Fsp3) is 0. The van der Waals surface area contributed by atoms with E-state index in [2.05, 4.69) is 10.4 Å². The van der Waals surface area contributed by atoms with E-state index in [0.717, 1.165) is 5.69 Å². The molecule has 0 unspecified atom stereocenters. The number of carbonyl (C=O) groups excluding carboxylic acids is 1. The van der Waals surface area contributed by atoms with Gasteiger partial charge in [-0.2, -0.15) is 5.10 Å². The fourth-order valence-corrected chi connectivity index (χ4v) is 1.88. The lowest BCUT2D eigenvalue weighted by Crippen LogP contribution is -2.10. The van der Waals surface area contributed by atoms with Gasteiger partial charge in [0.1, 0.15) is 0 Å². The number of para-hydroxylation sites is 1. The molecule has 20 heavy (non-hydrogen) atoms. The number of anilines is 1. The maximum atomic E-state index is 11.9. The van der Waals surface area contributed by atoms with Crippen LogP contribution in [0, 0.1) is 0 Å². The maximum Gasteiger partial charge on any atom is 0.291 e. The van der Waals surface area contributed by atoms with Crippen LogP contribution in [0.5, 0.6) is 0 Å². The number of halogens is 1. The molecule has 2 heterocycles. The monoisotopic (exact) mass is 287 g/mol. The fourth-order valence-electron chi connectivity index (χ4n) is 1.74. The van der Waals surface area contributed by atoms with Crippen LogP contribution in [0.4, 0.5) is 5.69 Å². The van der Waals surface area contributed by atoms with E-state index in [1.54, 1.807) is 17.1 Å². The average molecular weight is 288 g/mol. The molecule has 1 amide bonds. The molecule has 0 spiro atoms. The highest BCUT2D eigenvalue weighted by Gasteiger charge is 2.11. The molecule has 5 nitrogen and oxygen atoms in total. The van der Waals surface area contributed by atoms with Gasteiger partial charge in [-0.15, -0.1) is 0 Å². The van der Waals surface area contributed by atoms with Crippen LogP contribution in [0.15, 0.2) is 59.3 Å². The van der Waals surface area contributed by atoms with Gasteiger partial charge >= 0.3 is 0 Å². The van der Waals surface area contributed by atoms with Gasteiger partial charge in [0.25, 0.3) is 5.91 Å². The van der Waals surface area contributed by atoms with Gasteiger partial charge in [-0.25, -0.2) is 4.68 Å². The summed E-state index contributed by atoms with van der Waals surface area (Å²) in [6, 6.07) is 12.6. The van der Waals surface area contributed by atoms with E-state index < -0.39 is 0 Å². The third-order valence-electron chi connectivity index (χ3n) is 2.66. The highest BCUT2D eigenvalue weighted by molar-refractivity contribution is 6.29. The van der Waals surface area contributed by atoms with Crippen molar-refractivity contribution in [2.45, 2.75) is 0 Å². The summed E-state index contributed by atoms with van der Waals surface area (Å²) in [5, 5.41) is 7.05. The molecule has 100 valence electrons. The molecule has 0 saturated carbocycles. The Morgan fingerprint density at radius 2 is 2.00 bits per heavy atom. The number of furan rings is 1. The molecule has 0 aliphatic carbocycles. The van der Waals surface area contributed by atoms with Gasteiger partial charge in [0.05, 0.1) is 23.8 Å². The quantitative estimate of drug-likeness (QED) is 0.803. The normalized spacial score (nSPS) is 10.4. The lowest BCUT2D eigenvalue weighted by Gasteiger charge is -2.00. The number of hydrogen-bond acceptors (Lipinski definition) is 3. The van der Waals surface area contributed by atoms with Crippen molar-refractivity contribution in [1.82, 2.24) is 9.78 Å². The highest BCUT2D eigenvalue weighted by atomic mass is 35.5. The number of benzene rings is 1. The molecular formula is C14H10ClN3O2. The van der Waals surface area contributed by atoms with Crippen molar-refractivity contribution in [1.29, 1.82) is 0 Å². The third kappa shape index (κ3) is 2.57. The van der Waals surface area contributed by atoms with Crippen LogP contribution in [0.1, 0.15) is 10.6 Å². The van der Waals surface area contributed by atoms with Crippen molar-refractivity contribution in [2.75, 3.05) is 5.32 Å². The Kier molecular flexibility index (Phi) is 3.26. The molecule has 0 bridgehead atoms. The van der Waals surface area contributed by atoms with Gasteiger partial charge in [0.15, 0.2) is 11.0 Å². The van der Waals surface area contributed by atoms with E-state index in [9.17, 15) is 4.79 Å². The minimum Gasteiger partial charge on any atom is -0.440 e. The van der Waals surface area contributed by atoms with Crippen LogP contribution in [-0.2, 0) is 0 Å². The van der Waals surface area contributed by atoms with Crippen LogP contribution < -0.4 is 5.32 Å². The number of carbonyl (C=O) groups is 1. The second-order valence-corrected chi connectivity index (χ2v) is 4.44. The van der Waals surface area contributed by atoms with Gasteiger partial charge in [0, 0.05) is 0 Å². The molecule has 0 aliphatic heterocycles. The first kappa shape index (κ1) is 12.5. The standard InChI is InChI=1S/C14H10ClN3O2/c15-13-7-6-12(20-13)14(19)17-10-8-16-18(9-10)11-4-2-1-3-5-11/h1-9H,(H,17,19). The lowest BCUT2D eigenvalue weighted by molar-refractivity contribution is 0.0997. The zero-order valence-electron chi connectivity index (χ0n) is 10.3. The smallest absolute Gasteiger partial charge is 0.291 e. The lowest BCUT2D eigenvalue weighted by atomic mass is 10.3. The summed E-state index contributed by atoms with van der Waals surface area (Å²) in [5.41, 5.74) is 1.49. The topological polar surface area (TPSA) is 60.1 Å². The molecular weight excluding hydrogens is 278 g/mol. The minimum atomic E-state index is -0.371. The Bertz CT molecular complexity index is 734.